The van der Waals surface area contributed by atoms with Gasteiger partial charge in [-0.1, -0.05) is 5.21 Å². The first-order valence-corrected chi connectivity index (χ1v) is 5.00. The van der Waals surface area contributed by atoms with Gasteiger partial charge in [0.15, 0.2) is 5.69 Å². The Balaban J connectivity index is 2.02. The zero-order chi connectivity index (χ0) is 10.8. The van der Waals surface area contributed by atoms with Crippen molar-refractivity contribution in [3.8, 4) is 0 Å². The SMILES string of the molecule is CC(C)OC(=O)c1cn(C2CNC2)nn1. The molecule has 0 spiro atoms. The molecule has 82 valence electrons. The predicted octanol–water partition coefficient (Wildman–Crippen LogP) is -0.0124. The van der Waals surface area contributed by atoms with Gasteiger partial charge in [0, 0.05) is 13.1 Å². The Morgan fingerprint density at radius 1 is 1.67 bits per heavy atom. The van der Waals surface area contributed by atoms with Crippen molar-refractivity contribution >= 4 is 5.97 Å². The van der Waals surface area contributed by atoms with Gasteiger partial charge in [0.1, 0.15) is 0 Å². The summed E-state index contributed by atoms with van der Waals surface area (Å²) in [7, 11) is 0. The number of hydrogen-bond donors (Lipinski definition) is 1. The highest BCUT2D eigenvalue weighted by Crippen LogP contribution is 2.10. The molecule has 1 aromatic heterocycles. The van der Waals surface area contributed by atoms with Crippen LogP contribution in [-0.2, 0) is 4.74 Å². The minimum absolute atomic E-state index is 0.131. The highest BCUT2D eigenvalue weighted by atomic mass is 16.5. The van der Waals surface area contributed by atoms with E-state index in [-0.39, 0.29) is 11.8 Å². The van der Waals surface area contributed by atoms with E-state index in [1.165, 1.54) is 0 Å². The first-order chi connectivity index (χ1) is 7.16. The number of rotatable bonds is 3. The highest BCUT2D eigenvalue weighted by molar-refractivity contribution is 5.86. The lowest BCUT2D eigenvalue weighted by Gasteiger charge is -2.26. The van der Waals surface area contributed by atoms with Gasteiger partial charge in [0.05, 0.1) is 18.3 Å². The Hall–Kier alpha value is -1.43. The van der Waals surface area contributed by atoms with Crippen molar-refractivity contribution < 1.29 is 9.53 Å². The molecule has 1 aliphatic rings. The highest BCUT2D eigenvalue weighted by Gasteiger charge is 2.22. The van der Waals surface area contributed by atoms with Gasteiger partial charge in [0.25, 0.3) is 0 Å². The summed E-state index contributed by atoms with van der Waals surface area (Å²) < 4.78 is 6.71. The fraction of sp³-hybridized carbons (Fsp3) is 0.667. The van der Waals surface area contributed by atoms with E-state index >= 15 is 0 Å². The van der Waals surface area contributed by atoms with E-state index in [9.17, 15) is 4.79 Å². The maximum Gasteiger partial charge on any atom is 0.360 e. The Morgan fingerprint density at radius 3 is 2.93 bits per heavy atom. The van der Waals surface area contributed by atoms with Gasteiger partial charge < -0.3 is 10.1 Å². The minimum atomic E-state index is -0.413. The van der Waals surface area contributed by atoms with Crippen LogP contribution in [0, 0.1) is 0 Å². The zero-order valence-corrected chi connectivity index (χ0v) is 8.80. The summed E-state index contributed by atoms with van der Waals surface area (Å²) >= 11 is 0. The number of nitrogens with zero attached hydrogens (tertiary/aromatic N) is 3. The molecule has 6 heteroatoms. The summed E-state index contributed by atoms with van der Waals surface area (Å²) in [4.78, 5) is 11.4. The topological polar surface area (TPSA) is 69.0 Å². The van der Waals surface area contributed by atoms with Crippen LogP contribution in [0.2, 0.25) is 0 Å². The van der Waals surface area contributed by atoms with Gasteiger partial charge in [-0.05, 0) is 13.8 Å². The first-order valence-electron chi connectivity index (χ1n) is 5.00. The van der Waals surface area contributed by atoms with Gasteiger partial charge in [0.2, 0.25) is 0 Å². The molecule has 0 radical (unpaired) electrons. The second-order valence-corrected chi connectivity index (χ2v) is 3.85. The Bertz CT molecular complexity index is 357. The third-order valence-electron chi connectivity index (χ3n) is 2.20. The van der Waals surface area contributed by atoms with Crippen LogP contribution in [0.15, 0.2) is 6.20 Å². The van der Waals surface area contributed by atoms with Crippen LogP contribution >= 0.6 is 0 Å². The van der Waals surface area contributed by atoms with Crippen LogP contribution in [0.4, 0.5) is 0 Å². The molecule has 2 rings (SSSR count). The summed E-state index contributed by atoms with van der Waals surface area (Å²) in [6.45, 7) is 5.36. The Morgan fingerprint density at radius 2 is 2.40 bits per heavy atom. The van der Waals surface area contributed by atoms with E-state index in [4.69, 9.17) is 4.74 Å². The maximum absolute atomic E-state index is 11.4. The van der Waals surface area contributed by atoms with Gasteiger partial charge >= 0.3 is 5.97 Å². The number of esters is 1. The number of ether oxygens (including phenoxy) is 1. The molecule has 1 aliphatic heterocycles. The van der Waals surface area contributed by atoms with Gasteiger partial charge in [-0.25, -0.2) is 9.48 Å². The summed E-state index contributed by atoms with van der Waals surface area (Å²) in [5.41, 5.74) is 0.274. The lowest BCUT2D eigenvalue weighted by Crippen LogP contribution is -2.43. The quantitative estimate of drug-likeness (QED) is 0.710. The third-order valence-corrected chi connectivity index (χ3v) is 2.20. The van der Waals surface area contributed by atoms with Gasteiger partial charge in [-0.15, -0.1) is 5.10 Å². The smallest absolute Gasteiger partial charge is 0.360 e. The fourth-order valence-corrected chi connectivity index (χ4v) is 1.28. The van der Waals surface area contributed by atoms with Crippen LogP contribution in [-0.4, -0.2) is 40.2 Å². The van der Waals surface area contributed by atoms with Gasteiger partial charge in [-0.2, -0.15) is 0 Å². The van der Waals surface area contributed by atoms with E-state index in [1.54, 1.807) is 24.7 Å². The minimum Gasteiger partial charge on any atom is -0.458 e. The number of carbonyl (C=O) groups is 1. The second kappa shape index (κ2) is 3.98. The van der Waals surface area contributed by atoms with Crippen LogP contribution in [0.1, 0.15) is 30.4 Å². The van der Waals surface area contributed by atoms with Crippen LogP contribution in [0.3, 0.4) is 0 Å². The monoisotopic (exact) mass is 210 g/mol. The molecule has 0 unspecified atom stereocenters. The standard InChI is InChI=1S/C9H14N4O2/c1-6(2)15-9(14)8-5-13(12-11-8)7-3-10-4-7/h5-7,10H,3-4H2,1-2H3. The van der Waals surface area contributed by atoms with E-state index in [1.807, 2.05) is 0 Å². The lowest BCUT2D eigenvalue weighted by atomic mass is 10.2. The molecule has 0 amide bonds. The van der Waals surface area contributed by atoms with Crippen LogP contribution < -0.4 is 5.32 Å². The van der Waals surface area contributed by atoms with Crippen molar-refractivity contribution in [2.75, 3.05) is 13.1 Å². The summed E-state index contributed by atoms with van der Waals surface area (Å²) in [5.74, 6) is -0.413. The average molecular weight is 210 g/mol. The van der Waals surface area contributed by atoms with E-state index < -0.39 is 5.97 Å². The molecule has 1 aromatic rings. The van der Waals surface area contributed by atoms with E-state index in [2.05, 4.69) is 15.6 Å². The zero-order valence-electron chi connectivity index (χ0n) is 8.80. The van der Waals surface area contributed by atoms with Gasteiger partial charge in [-0.3, -0.25) is 0 Å². The van der Waals surface area contributed by atoms with Crippen molar-refractivity contribution in [2.24, 2.45) is 0 Å². The Labute approximate surface area is 87.6 Å². The normalized spacial score (nSPS) is 16.5. The lowest BCUT2D eigenvalue weighted by molar-refractivity contribution is 0.0370. The van der Waals surface area contributed by atoms with E-state index in [0.717, 1.165) is 13.1 Å². The molecule has 0 bridgehead atoms. The molecule has 0 saturated carbocycles. The largest absolute Gasteiger partial charge is 0.458 e. The third kappa shape index (κ3) is 2.15. The molecule has 0 aliphatic carbocycles. The Kier molecular flexibility index (Phi) is 2.68. The van der Waals surface area contributed by atoms with Crippen molar-refractivity contribution in [3.05, 3.63) is 11.9 Å². The molecule has 1 saturated heterocycles. The van der Waals surface area contributed by atoms with Crippen molar-refractivity contribution in [2.45, 2.75) is 26.0 Å². The molecule has 2 heterocycles. The molecule has 6 nitrogen and oxygen atoms in total. The average Bonchev–Trinajstić information content (AvgIpc) is 2.48. The van der Waals surface area contributed by atoms with Crippen molar-refractivity contribution in [1.82, 2.24) is 20.3 Å². The molecular formula is C9H14N4O2. The number of nitrogens with one attached hydrogen (secondary N) is 1. The molecule has 1 N–H and O–H groups in total. The molecule has 0 atom stereocenters. The van der Waals surface area contributed by atoms with Crippen molar-refractivity contribution in [1.29, 1.82) is 0 Å². The van der Waals surface area contributed by atoms with Crippen LogP contribution in [0.5, 0.6) is 0 Å². The predicted molar refractivity (Wildman–Crippen MR) is 52.5 cm³/mol. The summed E-state index contributed by atoms with van der Waals surface area (Å²) in [6, 6.07) is 0.318. The number of aromatic nitrogens is 3. The fourth-order valence-electron chi connectivity index (χ4n) is 1.28. The second-order valence-electron chi connectivity index (χ2n) is 3.85. The molecular weight excluding hydrogens is 196 g/mol. The number of hydrogen-bond acceptors (Lipinski definition) is 5. The molecule has 15 heavy (non-hydrogen) atoms. The molecule has 0 aromatic carbocycles. The van der Waals surface area contributed by atoms with E-state index in [0.29, 0.717) is 6.04 Å². The summed E-state index contributed by atoms with van der Waals surface area (Å²) in [6.07, 6.45) is 1.50. The number of carbonyl (C=O) groups excluding carboxylic acids is 1. The summed E-state index contributed by atoms with van der Waals surface area (Å²) in [5, 5.41) is 10.8. The maximum atomic E-state index is 11.4. The van der Waals surface area contributed by atoms with Crippen LogP contribution in [0.25, 0.3) is 0 Å². The first kappa shape index (κ1) is 10.1. The molecule has 1 fully saturated rings. The van der Waals surface area contributed by atoms with Crippen molar-refractivity contribution in [3.63, 3.8) is 0 Å².